The van der Waals surface area contributed by atoms with Crippen molar-refractivity contribution >= 4 is 16.5 Å². The van der Waals surface area contributed by atoms with Crippen LogP contribution >= 0.6 is 11.3 Å². The molecular weight excluding hydrogens is 276 g/mol. The predicted molar refractivity (Wildman–Crippen MR) is 92.1 cm³/mol. The number of rotatable bonds is 4. The highest BCUT2D eigenvalue weighted by atomic mass is 32.1. The van der Waals surface area contributed by atoms with E-state index in [0.717, 1.165) is 10.8 Å². The first-order chi connectivity index (χ1) is 10.2. The van der Waals surface area contributed by atoms with Crippen LogP contribution in [-0.2, 0) is 0 Å². The summed E-state index contributed by atoms with van der Waals surface area (Å²) >= 11 is 1.73. The van der Waals surface area contributed by atoms with E-state index in [2.05, 4.69) is 48.8 Å². The third-order valence-corrected chi connectivity index (χ3v) is 5.08. The maximum atomic E-state index is 4.76. The van der Waals surface area contributed by atoms with E-state index in [1.54, 1.807) is 11.3 Å². The fraction of sp³-hybridized carbons (Fsp3) is 0.500. The normalized spacial score (nSPS) is 16.3. The molecule has 0 radical (unpaired) electrons. The van der Waals surface area contributed by atoms with Crippen LogP contribution in [-0.4, -0.2) is 11.0 Å². The lowest BCUT2D eigenvalue weighted by molar-refractivity contribution is 0.462. The minimum Gasteiger partial charge on any atom is -0.359 e. The van der Waals surface area contributed by atoms with Crippen molar-refractivity contribution in [2.45, 2.75) is 57.9 Å². The van der Waals surface area contributed by atoms with Crippen molar-refractivity contribution < 1.29 is 0 Å². The molecule has 0 spiro atoms. The number of nitrogens with one attached hydrogen (secondary N) is 1. The van der Waals surface area contributed by atoms with E-state index < -0.39 is 0 Å². The molecule has 1 N–H and O–H groups in total. The lowest BCUT2D eigenvalue weighted by Gasteiger charge is -2.22. The first-order valence-electron chi connectivity index (χ1n) is 8.05. The molecule has 1 aromatic carbocycles. The largest absolute Gasteiger partial charge is 0.359 e. The molecule has 21 heavy (non-hydrogen) atoms. The summed E-state index contributed by atoms with van der Waals surface area (Å²) in [6.45, 7) is 4.45. The van der Waals surface area contributed by atoms with Gasteiger partial charge >= 0.3 is 0 Å². The average Bonchev–Trinajstić information content (AvgIpc) is 2.97. The number of anilines is 1. The van der Waals surface area contributed by atoms with Gasteiger partial charge in [-0.05, 0) is 24.3 Å². The topological polar surface area (TPSA) is 24.9 Å². The molecule has 0 amide bonds. The standard InChI is InChI=1S/C18H24N2S/c1-13(2)14-8-10-15(11-9-14)17-12-21-18(20-17)19-16-6-4-3-5-7-16/h8-13,16H,3-7H2,1-2H3,(H,19,20). The van der Waals surface area contributed by atoms with Crippen LogP contribution in [0.4, 0.5) is 5.13 Å². The van der Waals surface area contributed by atoms with E-state index in [9.17, 15) is 0 Å². The lowest BCUT2D eigenvalue weighted by Crippen LogP contribution is -2.21. The number of hydrogen-bond donors (Lipinski definition) is 1. The summed E-state index contributed by atoms with van der Waals surface area (Å²) in [5.41, 5.74) is 3.69. The highest BCUT2D eigenvalue weighted by Crippen LogP contribution is 2.28. The molecule has 3 rings (SSSR count). The van der Waals surface area contributed by atoms with Crippen LogP contribution in [0.15, 0.2) is 29.6 Å². The van der Waals surface area contributed by atoms with Crippen molar-refractivity contribution in [1.29, 1.82) is 0 Å². The van der Waals surface area contributed by atoms with E-state index in [-0.39, 0.29) is 0 Å². The lowest BCUT2D eigenvalue weighted by atomic mass is 9.96. The SMILES string of the molecule is CC(C)c1ccc(-c2csc(NC3CCCCC3)n2)cc1. The van der Waals surface area contributed by atoms with E-state index in [1.807, 2.05) is 0 Å². The summed E-state index contributed by atoms with van der Waals surface area (Å²) in [5.74, 6) is 0.581. The van der Waals surface area contributed by atoms with Crippen molar-refractivity contribution in [1.82, 2.24) is 4.98 Å². The van der Waals surface area contributed by atoms with Crippen LogP contribution in [0.3, 0.4) is 0 Å². The predicted octanol–water partition coefficient (Wildman–Crippen LogP) is 5.68. The Bertz CT molecular complexity index is 565. The van der Waals surface area contributed by atoms with Gasteiger partial charge in [-0.2, -0.15) is 0 Å². The fourth-order valence-corrected chi connectivity index (χ4v) is 3.73. The number of nitrogens with zero attached hydrogens (tertiary/aromatic N) is 1. The Morgan fingerprint density at radius 3 is 2.48 bits per heavy atom. The second-order valence-corrected chi connectivity index (χ2v) is 7.15. The Labute approximate surface area is 131 Å². The van der Waals surface area contributed by atoms with Crippen molar-refractivity contribution in [3.8, 4) is 11.3 Å². The van der Waals surface area contributed by atoms with Crippen LogP contribution in [0.5, 0.6) is 0 Å². The summed E-state index contributed by atoms with van der Waals surface area (Å²) in [6.07, 6.45) is 6.68. The van der Waals surface area contributed by atoms with Gasteiger partial charge in [0.25, 0.3) is 0 Å². The molecule has 2 nitrogen and oxygen atoms in total. The van der Waals surface area contributed by atoms with E-state index in [1.165, 1.54) is 43.2 Å². The number of hydrogen-bond acceptors (Lipinski definition) is 3. The summed E-state index contributed by atoms with van der Waals surface area (Å²) in [5, 5.41) is 6.84. The molecule has 0 saturated heterocycles. The molecule has 0 unspecified atom stereocenters. The number of thiazole rings is 1. The van der Waals surface area contributed by atoms with Crippen molar-refractivity contribution in [3.05, 3.63) is 35.2 Å². The van der Waals surface area contributed by atoms with Gasteiger partial charge in [-0.25, -0.2) is 4.98 Å². The Morgan fingerprint density at radius 1 is 1.10 bits per heavy atom. The van der Waals surface area contributed by atoms with Crippen molar-refractivity contribution in [2.75, 3.05) is 5.32 Å². The first kappa shape index (κ1) is 14.6. The smallest absolute Gasteiger partial charge is 0.183 e. The summed E-state index contributed by atoms with van der Waals surface area (Å²) in [4.78, 5) is 4.76. The summed E-state index contributed by atoms with van der Waals surface area (Å²) in [7, 11) is 0. The van der Waals surface area contributed by atoms with Gasteiger partial charge in [0, 0.05) is 17.0 Å². The maximum Gasteiger partial charge on any atom is 0.183 e. The molecule has 2 aromatic rings. The monoisotopic (exact) mass is 300 g/mol. The minimum atomic E-state index is 0.581. The third-order valence-electron chi connectivity index (χ3n) is 4.31. The minimum absolute atomic E-state index is 0.581. The molecule has 0 atom stereocenters. The van der Waals surface area contributed by atoms with Gasteiger partial charge in [0.1, 0.15) is 0 Å². The van der Waals surface area contributed by atoms with Gasteiger partial charge in [-0.15, -0.1) is 11.3 Å². The Morgan fingerprint density at radius 2 is 1.81 bits per heavy atom. The molecule has 1 fully saturated rings. The van der Waals surface area contributed by atoms with Crippen molar-refractivity contribution in [3.63, 3.8) is 0 Å². The van der Waals surface area contributed by atoms with Gasteiger partial charge in [0.2, 0.25) is 0 Å². The van der Waals surface area contributed by atoms with Gasteiger partial charge in [0.15, 0.2) is 5.13 Å². The molecule has 1 heterocycles. The van der Waals surface area contributed by atoms with Gasteiger partial charge < -0.3 is 5.32 Å². The molecule has 0 aliphatic heterocycles. The second kappa shape index (κ2) is 6.61. The zero-order valence-corrected chi connectivity index (χ0v) is 13.7. The highest BCUT2D eigenvalue weighted by Gasteiger charge is 2.14. The van der Waals surface area contributed by atoms with Crippen LogP contribution in [0.2, 0.25) is 0 Å². The van der Waals surface area contributed by atoms with Crippen LogP contribution in [0.25, 0.3) is 11.3 Å². The molecule has 0 bridgehead atoms. The van der Waals surface area contributed by atoms with Crippen LogP contribution < -0.4 is 5.32 Å². The van der Waals surface area contributed by atoms with Crippen LogP contribution in [0, 0.1) is 0 Å². The second-order valence-electron chi connectivity index (χ2n) is 6.29. The molecule has 3 heteroatoms. The number of benzene rings is 1. The Kier molecular flexibility index (Phi) is 4.59. The maximum absolute atomic E-state index is 4.76. The molecule has 1 saturated carbocycles. The zero-order chi connectivity index (χ0) is 14.7. The van der Waals surface area contributed by atoms with Crippen molar-refractivity contribution in [2.24, 2.45) is 0 Å². The molecule has 1 aliphatic carbocycles. The fourth-order valence-electron chi connectivity index (χ4n) is 2.93. The third kappa shape index (κ3) is 3.65. The van der Waals surface area contributed by atoms with Crippen LogP contribution in [0.1, 0.15) is 57.4 Å². The molecular formula is C18H24N2S. The average molecular weight is 300 g/mol. The van der Waals surface area contributed by atoms with Gasteiger partial charge in [-0.3, -0.25) is 0 Å². The van der Waals surface area contributed by atoms with E-state index in [4.69, 9.17) is 4.98 Å². The van der Waals surface area contributed by atoms with E-state index >= 15 is 0 Å². The highest BCUT2D eigenvalue weighted by molar-refractivity contribution is 7.14. The van der Waals surface area contributed by atoms with Gasteiger partial charge in [-0.1, -0.05) is 57.4 Å². The Balaban J connectivity index is 1.69. The van der Waals surface area contributed by atoms with Gasteiger partial charge in [0.05, 0.1) is 5.69 Å². The summed E-state index contributed by atoms with van der Waals surface area (Å²) < 4.78 is 0. The zero-order valence-electron chi connectivity index (χ0n) is 12.9. The van der Waals surface area contributed by atoms with E-state index in [0.29, 0.717) is 12.0 Å². The molecule has 1 aliphatic rings. The summed E-state index contributed by atoms with van der Waals surface area (Å²) in [6, 6.07) is 9.44. The molecule has 1 aromatic heterocycles. The first-order valence-corrected chi connectivity index (χ1v) is 8.93. The molecule has 112 valence electrons. The number of aromatic nitrogens is 1. The quantitative estimate of drug-likeness (QED) is 0.786. The Hall–Kier alpha value is -1.35.